The van der Waals surface area contributed by atoms with Crippen LogP contribution in [0.25, 0.3) is 33.9 Å². The minimum atomic E-state index is -1.11. The van der Waals surface area contributed by atoms with Crippen molar-refractivity contribution in [3.05, 3.63) is 177 Å². The van der Waals surface area contributed by atoms with E-state index in [0.717, 1.165) is 0 Å². The van der Waals surface area contributed by atoms with Gasteiger partial charge in [0.25, 0.3) is 0 Å². The molecule has 0 aliphatic carbocycles. The molecule has 4 aromatic heterocycles. The van der Waals surface area contributed by atoms with Crippen LogP contribution in [0.1, 0.15) is 43.2 Å². The maximum absolute atomic E-state index is 11.8. The molecule has 0 saturated heterocycles. The second kappa shape index (κ2) is 20.0. The second-order valence-electron chi connectivity index (χ2n) is 13.4. The number of carbonyl (C=O) groups is 2. The van der Waals surface area contributed by atoms with E-state index in [1.54, 1.807) is 123 Å². The topological polar surface area (TPSA) is 201 Å². The van der Waals surface area contributed by atoms with Gasteiger partial charge in [0.2, 0.25) is 11.8 Å². The second-order valence-corrected chi connectivity index (χ2v) is 14.3. The number of aliphatic imine (C=N–C) groups is 2. The summed E-state index contributed by atoms with van der Waals surface area (Å²) in [6.07, 6.45) is 6.10. The molecule has 17 heteroatoms. The van der Waals surface area contributed by atoms with E-state index in [0.29, 0.717) is 66.4 Å². The Morgan fingerprint density at radius 3 is 1.33 bits per heavy atom. The summed E-state index contributed by atoms with van der Waals surface area (Å²) in [6.45, 7) is 3.45. The van der Waals surface area contributed by atoms with Crippen molar-refractivity contribution in [2.45, 2.75) is 13.8 Å². The molecular formula is C46H34Cl2CoN8O6. The van der Waals surface area contributed by atoms with Crippen LogP contribution in [-0.4, -0.2) is 74.3 Å². The predicted molar refractivity (Wildman–Crippen MR) is 238 cm³/mol. The van der Waals surface area contributed by atoms with E-state index in [4.69, 9.17) is 23.2 Å². The third kappa shape index (κ3) is 10.4. The molecule has 4 N–H and O–H groups in total. The summed E-state index contributed by atoms with van der Waals surface area (Å²) < 4.78 is 2.70. The van der Waals surface area contributed by atoms with E-state index < -0.39 is 11.9 Å². The van der Waals surface area contributed by atoms with Gasteiger partial charge in [0.1, 0.15) is 0 Å². The van der Waals surface area contributed by atoms with E-state index in [1.165, 1.54) is 33.9 Å². The molecule has 0 amide bonds. The van der Waals surface area contributed by atoms with Crippen LogP contribution in [0.2, 0.25) is 10.0 Å². The number of aryl methyl sites for hydroxylation is 2. The van der Waals surface area contributed by atoms with Crippen molar-refractivity contribution in [1.29, 1.82) is 0 Å². The van der Waals surface area contributed by atoms with Gasteiger partial charge in [-0.1, -0.05) is 59.6 Å². The molecule has 8 rings (SSSR count). The Hall–Kier alpha value is -7.43. The summed E-state index contributed by atoms with van der Waals surface area (Å²) in [7, 11) is 0. The Morgan fingerprint density at radius 2 is 0.984 bits per heavy atom. The van der Waals surface area contributed by atoms with Gasteiger partial charge in [0.05, 0.1) is 67.8 Å². The average Bonchev–Trinajstić information content (AvgIpc) is 3.73. The zero-order valence-electron chi connectivity index (χ0n) is 33.1. The van der Waals surface area contributed by atoms with Crippen molar-refractivity contribution < 1.29 is 46.8 Å². The molecule has 0 fully saturated rings. The monoisotopic (exact) mass is 923 g/mol. The Balaban J connectivity index is 0.000000206. The first-order valence-electron chi connectivity index (χ1n) is 18.6. The number of hydrogen-bond donors (Lipinski definition) is 4. The van der Waals surface area contributed by atoms with Crippen molar-refractivity contribution in [3.63, 3.8) is 0 Å². The maximum atomic E-state index is 11.8. The first-order chi connectivity index (χ1) is 29.9. The van der Waals surface area contributed by atoms with Crippen LogP contribution in [0.5, 0.6) is 11.8 Å². The Morgan fingerprint density at radius 1 is 0.571 bits per heavy atom. The maximum Gasteiger partial charge on any atom is 0.337 e. The fraction of sp³-hybridized carbons (Fsp3) is 0.0435. The van der Waals surface area contributed by atoms with E-state index in [9.17, 15) is 30.0 Å². The first kappa shape index (κ1) is 45.1. The van der Waals surface area contributed by atoms with E-state index in [-0.39, 0.29) is 51.0 Å². The van der Waals surface area contributed by atoms with Gasteiger partial charge in [0, 0.05) is 62.8 Å². The van der Waals surface area contributed by atoms with Crippen molar-refractivity contribution in [3.8, 4) is 45.6 Å². The van der Waals surface area contributed by atoms with Crippen LogP contribution in [-0.2, 0) is 16.8 Å². The number of aromatic nitrogens is 6. The van der Waals surface area contributed by atoms with Crippen molar-refractivity contribution in [2.24, 2.45) is 9.98 Å². The van der Waals surface area contributed by atoms with Gasteiger partial charge < -0.3 is 20.4 Å². The molecule has 0 aliphatic heterocycles. The van der Waals surface area contributed by atoms with Gasteiger partial charge in [-0.2, -0.15) is 10.2 Å². The molecule has 0 bridgehead atoms. The number of carboxylic acids is 2. The summed E-state index contributed by atoms with van der Waals surface area (Å²) in [4.78, 5) is 40.7. The van der Waals surface area contributed by atoms with Crippen LogP contribution in [0.3, 0.4) is 0 Å². The van der Waals surface area contributed by atoms with Crippen LogP contribution >= 0.6 is 23.2 Å². The number of rotatable bonds is 10. The largest absolute Gasteiger partial charge is 0.493 e. The third-order valence-corrected chi connectivity index (χ3v) is 9.78. The molecule has 0 saturated carbocycles. The van der Waals surface area contributed by atoms with Crippen LogP contribution in [0.15, 0.2) is 144 Å². The van der Waals surface area contributed by atoms with Gasteiger partial charge in [-0.15, -0.1) is 0 Å². The zero-order valence-corrected chi connectivity index (χ0v) is 35.7. The third-order valence-electron chi connectivity index (χ3n) is 9.31. The van der Waals surface area contributed by atoms with Gasteiger partial charge in [0.15, 0.2) is 0 Å². The number of halogens is 2. The smallest absolute Gasteiger partial charge is 0.337 e. The molecular weight excluding hydrogens is 890 g/mol. The number of nitrogens with zero attached hydrogens (tertiary/aromatic N) is 8. The van der Waals surface area contributed by atoms with Gasteiger partial charge in [-0.25, -0.2) is 19.0 Å². The van der Waals surface area contributed by atoms with Crippen LogP contribution in [0, 0.1) is 13.8 Å². The van der Waals surface area contributed by atoms with Crippen LogP contribution in [0.4, 0.5) is 11.4 Å². The summed E-state index contributed by atoms with van der Waals surface area (Å²) in [5.41, 5.74) is 6.24. The molecule has 0 spiro atoms. The number of hydrogen-bond acceptors (Lipinski definition) is 10. The normalized spacial score (nSPS) is 11.0. The van der Waals surface area contributed by atoms with Crippen molar-refractivity contribution in [1.82, 2.24) is 29.5 Å². The zero-order chi connectivity index (χ0) is 43.9. The predicted octanol–water partition coefficient (Wildman–Crippen LogP) is 10.1. The summed E-state index contributed by atoms with van der Waals surface area (Å²) in [5.74, 6) is -2.46. The molecule has 0 aliphatic rings. The van der Waals surface area contributed by atoms with E-state index >= 15 is 0 Å². The standard InChI is InChI=1S/2C23H17ClN4O3.Co/c2*1-14-19(22(29)28(27-14)17-6-4-5-16(24)12-17)13-26-21-9-8-15(11-18(21)23(30)31)20-7-2-3-10-25-20;/h2*2-13,29H,1H3,(H,30,31);. The number of carboxylic acid groups (broad SMARTS) is 2. The Kier molecular flexibility index (Phi) is 14.3. The van der Waals surface area contributed by atoms with E-state index in [2.05, 4.69) is 30.2 Å². The molecule has 317 valence electrons. The molecule has 4 heterocycles. The Bertz CT molecular complexity index is 2810. The Labute approximate surface area is 380 Å². The number of benzene rings is 4. The first-order valence-corrected chi connectivity index (χ1v) is 19.4. The minimum absolute atomic E-state index is 0. The number of aromatic hydroxyl groups is 2. The summed E-state index contributed by atoms with van der Waals surface area (Å²) >= 11 is 12.1. The van der Waals surface area contributed by atoms with Gasteiger partial charge >= 0.3 is 11.9 Å². The molecule has 0 unspecified atom stereocenters. The molecule has 4 aromatic carbocycles. The van der Waals surface area contributed by atoms with Crippen molar-refractivity contribution in [2.75, 3.05) is 0 Å². The summed E-state index contributed by atoms with van der Waals surface area (Å²) in [5, 5.41) is 50.3. The quantitative estimate of drug-likeness (QED) is 0.0957. The van der Waals surface area contributed by atoms with E-state index in [1.807, 2.05) is 12.1 Å². The van der Waals surface area contributed by atoms with Gasteiger partial charge in [-0.05, 0) is 98.8 Å². The molecule has 8 aromatic rings. The van der Waals surface area contributed by atoms with Crippen molar-refractivity contribution >= 4 is 58.9 Å². The van der Waals surface area contributed by atoms with Crippen LogP contribution < -0.4 is 0 Å². The molecule has 0 atom stereocenters. The molecule has 14 nitrogen and oxygen atoms in total. The number of pyridine rings is 2. The fourth-order valence-electron chi connectivity index (χ4n) is 6.23. The number of aromatic carboxylic acids is 2. The molecule has 63 heavy (non-hydrogen) atoms. The molecule has 1 radical (unpaired) electrons. The summed E-state index contributed by atoms with van der Waals surface area (Å²) in [6, 6.07) is 34.5. The SMILES string of the molecule is Cc1nn(-c2cccc(Cl)c2)c(O)c1C=Nc1ccc(-c2ccccn2)cc1C(=O)O.Cc1nn(-c2cccc(Cl)c2)c(O)c1C=Nc1ccc(-c2ccccn2)cc1C(=O)O.[Co]. The fourth-order valence-corrected chi connectivity index (χ4v) is 6.60. The van der Waals surface area contributed by atoms with Gasteiger partial charge in [-0.3, -0.25) is 20.0 Å². The minimum Gasteiger partial charge on any atom is -0.493 e. The average molecular weight is 925 g/mol.